The molecule has 6 heteroatoms. The lowest BCUT2D eigenvalue weighted by molar-refractivity contribution is -0.130. The average molecular weight is 505 g/mol. The summed E-state index contributed by atoms with van der Waals surface area (Å²) in [5, 5.41) is 9.22. The van der Waals surface area contributed by atoms with E-state index in [4.69, 9.17) is 4.74 Å². The predicted octanol–water partition coefficient (Wildman–Crippen LogP) is 7.74. The maximum absolute atomic E-state index is 11.8. The van der Waals surface area contributed by atoms with Crippen molar-refractivity contribution in [1.29, 1.82) is 0 Å². The van der Waals surface area contributed by atoms with Gasteiger partial charge in [-0.3, -0.25) is 20.4 Å². The maximum atomic E-state index is 11.8. The van der Waals surface area contributed by atoms with Crippen LogP contribution in [0.1, 0.15) is 135 Å². The molecule has 0 aliphatic carbocycles. The van der Waals surface area contributed by atoms with Crippen molar-refractivity contribution in [2.75, 3.05) is 6.61 Å². The SMILES string of the molecule is CCCCCCCCCCCCCCCCCCCCCC(=O)NNC(=O)COc1ccc(O)cc1. The zero-order valence-corrected chi connectivity index (χ0v) is 22.8. The standard InChI is InChI=1S/C30H52N2O4/c1-2-3-4-5-6-7-8-9-10-11-12-13-14-15-16-17-18-19-20-21-29(34)31-32-30(35)26-36-28-24-22-27(33)23-25-28/h22-25,33H,2-21,26H2,1H3,(H,31,34)(H,32,35). The fraction of sp³-hybridized carbons (Fsp3) is 0.733. The summed E-state index contributed by atoms with van der Waals surface area (Å²) in [6.45, 7) is 2.07. The van der Waals surface area contributed by atoms with E-state index in [9.17, 15) is 14.7 Å². The van der Waals surface area contributed by atoms with Crippen LogP contribution < -0.4 is 15.6 Å². The first-order chi connectivity index (χ1) is 17.6. The van der Waals surface area contributed by atoms with Gasteiger partial charge in [0.2, 0.25) is 5.91 Å². The van der Waals surface area contributed by atoms with Crippen molar-refractivity contribution in [3.63, 3.8) is 0 Å². The van der Waals surface area contributed by atoms with Gasteiger partial charge in [0.25, 0.3) is 5.91 Å². The second kappa shape index (κ2) is 23.2. The Labute approximate surface area is 219 Å². The molecule has 0 aliphatic rings. The van der Waals surface area contributed by atoms with Crippen LogP contribution in [-0.4, -0.2) is 23.5 Å². The van der Waals surface area contributed by atoms with Crippen LogP contribution in [0.15, 0.2) is 24.3 Å². The normalized spacial score (nSPS) is 10.8. The third-order valence-electron chi connectivity index (χ3n) is 6.56. The molecule has 0 unspecified atom stereocenters. The van der Waals surface area contributed by atoms with E-state index in [0.717, 1.165) is 12.8 Å². The fourth-order valence-corrected chi connectivity index (χ4v) is 4.29. The second-order valence-corrected chi connectivity index (χ2v) is 9.99. The molecule has 1 rings (SSSR count). The molecule has 0 fully saturated rings. The van der Waals surface area contributed by atoms with Crippen LogP contribution in [0.4, 0.5) is 0 Å². The van der Waals surface area contributed by atoms with Crippen LogP contribution in [0.3, 0.4) is 0 Å². The van der Waals surface area contributed by atoms with E-state index >= 15 is 0 Å². The number of carbonyl (C=O) groups is 2. The summed E-state index contributed by atoms with van der Waals surface area (Å²) in [6, 6.07) is 6.10. The van der Waals surface area contributed by atoms with E-state index in [1.54, 1.807) is 12.1 Å². The van der Waals surface area contributed by atoms with Crippen molar-refractivity contribution in [3.8, 4) is 11.5 Å². The smallest absolute Gasteiger partial charge is 0.276 e. The van der Waals surface area contributed by atoms with E-state index in [-0.39, 0.29) is 18.3 Å². The maximum Gasteiger partial charge on any atom is 0.276 e. The number of carbonyl (C=O) groups excluding carboxylic acids is 2. The van der Waals surface area contributed by atoms with E-state index in [0.29, 0.717) is 12.2 Å². The number of ether oxygens (including phenoxy) is 1. The van der Waals surface area contributed by atoms with Gasteiger partial charge in [0.05, 0.1) is 0 Å². The largest absolute Gasteiger partial charge is 0.508 e. The van der Waals surface area contributed by atoms with Crippen LogP contribution in [0, 0.1) is 0 Å². The summed E-state index contributed by atoms with van der Waals surface area (Å²) < 4.78 is 5.28. The molecule has 0 bridgehead atoms. The molecule has 0 heterocycles. The molecule has 0 spiro atoms. The number of rotatable bonds is 23. The van der Waals surface area contributed by atoms with Gasteiger partial charge in [0.15, 0.2) is 6.61 Å². The number of amides is 2. The number of aromatic hydroxyl groups is 1. The molecule has 0 aromatic heterocycles. The summed E-state index contributed by atoms with van der Waals surface area (Å²) >= 11 is 0. The monoisotopic (exact) mass is 504 g/mol. The third-order valence-corrected chi connectivity index (χ3v) is 6.56. The number of phenolic OH excluding ortho intramolecular Hbond substituents is 1. The molecule has 0 saturated heterocycles. The summed E-state index contributed by atoms with van der Waals surface area (Å²) in [7, 11) is 0. The van der Waals surface area contributed by atoms with Gasteiger partial charge in [-0.05, 0) is 30.7 Å². The van der Waals surface area contributed by atoms with Crippen LogP contribution in [-0.2, 0) is 9.59 Å². The lowest BCUT2D eigenvalue weighted by atomic mass is 10.0. The number of nitrogens with one attached hydrogen (secondary N) is 2. The van der Waals surface area contributed by atoms with Crippen LogP contribution in [0.25, 0.3) is 0 Å². The molecular formula is C30H52N2O4. The highest BCUT2D eigenvalue weighted by molar-refractivity contribution is 5.82. The predicted molar refractivity (Wildman–Crippen MR) is 148 cm³/mol. The summed E-state index contributed by atoms with van der Waals surface area (Å²) in [5.74, 6) is 0.00165. The highest BCUT2D eigenvalue weighted by Gasteiger charge is 2.06. The number of unbranched alkanes of at least 4 members (excludes halogenated alkanes) is 18. The minimum atomic E-state index is -0.426. The van der Waals surface area contributed by atoms with Crippen molar-refractivity contribution >= 4 is 11.8 Å². The zero-order chi connectivity index (χ0) is 26.1. The topological polar surface area (TPSA) is 87.7 Å². The Morgan fingerprint density at radius 2 is 1.00 bits per heavy atom. The molecular weight excluding hydrogens is 452 g/mol. The molecule has 3 N–H and O–H groups in total. The lowest BCUT2D eigenvalue weighted by Gasteiger charge is -2.09. The summed E-state index contributed by atoms with van der Waals surface area (Å²) in [6.07, 6.45) is 25.6. The number of hydrogen-bond donors (Lipinski definition) is 3. The van der Waals surface area contributed by atoms with Crippen molar-refractivity contribution in [1.82, 2.24) is 10.9 Å². The third kappa shape index (κ3) is 20.0. The number of benzene rings is 1. The van der Waals surface area contributed by atoms with E-state index in [1.165, 1.54) is 121 Å². The molecule has 0 saturated carbocycles. The molecule has 36 heavy (non-hydrogen) atoms. The Hall–Kier alpha value is -2.24. The number of hydrogen-bond acceptors (Lipinski definition) is 4. The van der Waals surface area contributed by atoms with E-state index in [1.807, 2.05) is 0 Å². The van der Waals surface area contributed by atoms with Gasteiger partial charge in [0.1, 0.15) is 11.5 Å². The Morgan fingerprint density at radius 3 is 1.44 bits per heavy atom. The Kier molecular flexibility index (Phi) is 20.5. The van der Waals surface area contributed by atoms with Gasteiger partial charge in [-0.1, -0.05) is 122 Å². The molecule has 2 amide bonds. The lowest BCUT2D eigenvalue weighted by Crippen LogP contribution is -2.43. The average Bonchev–Trinajstić information content (AvgIpc) is 2.88. The second-order valence-electron chi connectivity index (χ2n) is 9.99. The minimum Gasteiger partial charge on any atom is -0.508 e. The van der Waals surface area contributed by atoms with E-state index in [2.05, 4.69) is 17.8 Å². The number of phenols is 1. The summed E-state index contributed by atoms with van der Waals surface area (Å²) in [4.78, 5) is 23.6. The van der Waals surface area contributed by atoms with Crippen molar-refractivity contribution < 1.29 is 19.4 Å². The van der Waals surface area contributed by atoms with Gasteiger partial charge in [0, 0.05) is 6.42 Å². The van der Waals surface area contributed by atoms with Crippen molar-refractivity contribution in [2.45, 2.75) is 135 Å². The summed E-state index contributed by atoms with van der Waals surface area (Å²) in [5.41, 5.74) is 4.79. The molecule has 0 radical (unpaired) electrons. The van der Waals surface area contributed by atoms with Crippen LogP contribution >= 0.6 is 0 Å². The Bertz CT molecular complexity index is 663. The zero-order valence-electron chi connectivity index (χ0n) is 22.8. The van der Waals surface area contributed by atoms with Gasteiger partial charge < -0.3 is 9.84 Å². The molecule has 0 atom stereocenters. The first-order valence-electron chi connectivity index (χ1n) is 14.6. The quantitative estimate of drug-likeness (QED) is 0.105. The molecule has 0 aliphatic heterocycles. The molecule has 1 aromatic carbocycles. The Balaban J connectivity index is 1.78. The van der Waals surface area contributed by atoms with Gasteiger partial charge in [-0.25, -0.2) is 0 Å². The molecule has 206 valence electrons. The van der Waals surface area contributed by atoms with Crippen LogP contribution in [0.5, 0.6) is 11.5 Å². The van der Waals surface area contributed by atoms with Gasteiger partial charge in [-0.15, -0.1) is 0 Å². The number of hydrazine groups is 1. The van der Waals surface area contributed by atoms with E-state index < -0.39 is 5.91 Å². The highest BCUT2D eigenvalue weighted by Crippen LogP contribution is 2.16. The first-order valence-corrected chi connectivity index (χ1v) is 14.6. The van der Waals surface area contributed by atoms with Crippen LogP contribution in [0.2, 0.25) is 0 Å². The van der Waals surface area contributed by atoms with Crippen molar-refractivity contribution in [2.24, 2.45) is 0 Å². The van der Waals surface area contributed by atoms with Gasteiger partial charge >= 0.3 is 0 Å². The van der Waals surface area contributed by atoms with Crippen molar-refractivity contribution in [3.05, 3.63) is 24.3 Å². The fourth-order valence-electron chi connectivity index (χ4n) is 4.29. The molecule has 6 nitrogen and oxygen atoms in total. The Morgan fingerprint density at radius 1 is 0.611 bits per heavy atom. The minimum absolute atomic E-state index is 0.133. The molecule has 1 aromatic rings. The van der Waals surface area contributed by atoms with Gasteiger partial charge in [-0.2, -0.15) is 0 Å². The highest BCUT2D eigenvalue weighted by atomic mass is 16.5. The first kappa shape index (κ1) is 31.8.